The number of nitrogens with zero attached hydrogens (tertiary/aromatic N) is 1. The SMILES string of the molecule is CCC(CC)COC(=O)[C@H](C)NP(=O)(O)OOc1ccccc1Oc1ccc([N+](=O)[O-])cc1. The predicted molar refractivity (Wildman–Crippen MR) is 119 cm³/mol. The Hall–Kier alpha value is -2.98. The molecule has 1 unspecified atom stereocenters. The highest BCUT2D eigenvalue weighted by atomic mass is 31.2. The van der Waals surface area contributed by atoms with E-state index >= 15 is 0 Å². The number of carbonyl (C=O) groups is 1. The fourth-order valence-corrected chi connectivity index (χ4v) is 3.44. The Kier molecular flexibility index (Phi) is 9.80. The normalized spacial score (nSPS) is 13.7. The molecule has 2 atom stereocenters. The Labute approximate surface area is 191 Å². The molecular formula is C21H27N2O9P. The summed E-state index contributed by atoms with van der Waals surface area (Å²) in [5.74, 6) is -0.105. The van der Waals surface area contributed by atoms with E-state index < -0.39 is 24.7 Å². The van der Waals surface area contributed by atoms with Gasteiger partial charge in [-0.25, -0.2) is 9.65 Å². The Morgan fingerprint density at radius 1 is 1.12 bits per heavy atom. The van der Waals surface area contributed by atoms with Gasteiger partial charge in [-0.2, -0.15) is 0 Å². The molecule has 0 amide bonds. The van der Waals surface area contributed by atoms with Crippen molar-refractivity contribution in [1.82, 2.24) is 5.09 Å². The minimum absolute atomic E-state index is 0.0316. The lowest BCUT2D eigenvalue weighted by molar-refractivity contribution is -0.384. The summed E-state index contributed by atoms with van der Waals surface area (Å²) in [6.45, 7) is 5.56. The van der Waals surface area contributed by atoms with Crippen molar-refractivity contribution in [2.24, 2.45) is 5.92 Å². The minimum atomic E-state index is -4.55. The van der Waals surface area contributed by atoms with Crippen LogP contribution in [-0.2, 0) is 18.8 Å². The summed E-state index contributed by atoms with van der Waals surface area (Å²) in [5, 5.41) is 12.9. The molecule has 0 spiro atoms. The Bertz CT molecular complexity index is 980. The number of hydrogen-bond acceptors (Lipinski definition) is 8. The van der Waals surface area contributed by atoms with Gasteiger partial charge in [0.1, 0.15) is 11.8 Å². The molecule has 2 rings (SSSR count). The molecule has 2 aromatic rings. The van der Waals surface area contributed by atoms with Crippen molar-refractivity contribution in [2.75, 3.05) is 6.61 Å². The van der Waals surface area contributed by atoms with Gasteiger partial charge in [0.2, 0.25) is 5.75 Å². The molecule has 0 radical (unpaired) electrons. The number of carbonyl (C=O) groups excluding carboxylic acids is 1. The van der Waals surface area contributed by atoms with Crippen molar-refractivity contribution in [2.45, 2.75) is 39.7 Å². The van der Waals surface area contributed by atoms with Crippen molar-refractivity contribution in [1.29, 1.82) is 0 Å². The van der Waals surface area contributed by atoms with Gasteiger partial charge in [0.15, 0.2) is 5.75 Å². The average molecular weight is 482 g/mol. The topological polar surface area (TPSA) is 146 Å². The Balaban J connectivity index is 1.96. The van der Waals surface area contributed by atoms with Gasteiger partial charge in [-0.3, -0.25) is 14.9 Å². The maximum atomic E-state index is 12.3. The van der Waals surface area contributed by atoms with E-state index in [0.717, 1.165) is 12.8 Å². The first-order valence-corrected chi connectivity index (χ1v) is 11.9. The van der Waals surface area contributed by atoms with Gasteiger partial charge in [-0.15, -0.1) is 0 Å². The third kappa shape index (κ3) is 8.47. The van der Waals surface area contributed by atoms with Gasteiger partial charge in [0, 0.05) is 12.1 Å². The number of nitro benzene ring substituents is 1. The van der Waals surface area contributed by atoms with Gasteiger partial charge in [-0.1, -0.05) is 43.5 Å². The van der Waals surface area contributed by atoms with Crippen LogP contribution < -0.4 is 14.7 Å². The molecule has 11 nitrogen and oxygen atoms in total. The summed E-state index contributed by atoms with van der Waals surface area (Å²) in [6.07, 6.45) is 1.70. The zero-order valence-electron chi connectivity index (χ0n) is 18.5. The number of benzene rings is 2. The van der Waals surface area contributed by atoms with Gasteiger partial charge in [-0.05, 0) is 37.1 Å². The van der Waals surface area contributed by atoms with Crippen molar-refractivity contribution >= 4 is 19.4 Å². The van der Waals surface area contributed by atoms with Crippen LogP contribution in [0.1, 0.15) is 33.6 Å². The molecule has 0 aromatic heterocycles. The lowest BCUT2D eigenvalue weighted by atomic mass is 10.1. The molecule has 0 bridgehead atoms. The molecule has 180 valence electrons. The fourth-order valence-electron chi connectivity index (χ4n) is 2.63. The van der Waals surface area contributed by atoms with Crippen LogP contribution in [0.3, 0.4) is 0 Å². The van der Waals surface area contributed by atoms with Crippen LogP contribution in [-0.4, -0.2) is 28.4 Å². The Morgan fingerprint density at radius 2 is 1.73 bits per heavy atom. The highest BCUT2D eigenvalue weighted by Crippen LogP contribution is 2.40. The minimum Gasteiger partial charge on any atom is -0.464 e. The first-order valence-electron chi connectivity index (χ1n) is 10.3. The van der Waals surface area contributed by atoms with Crippen molar-refractivity contribution in [3.05, 3.63) is 58.6 Å². The van der Waals surface area contributed by atoms with Crippen LogP contribution in [0.2, 0.25) is 0 Å². The van der Waals surface area contributed by atoms with Crippen LogP contribution in [0.5, 0.6) is 17.2 Å². The number of nitrogens with one attached hydrogen (secondary N) is 1. The lowest BCUT2D eigenvalue weighted by Crippen LogP contribution is -2.34. The Morgan fingerprint density at radius 3 is 2.30 bits per heavy atom. The van der Waals surface area contributed by atoms with E-state index in [1.54, 1.807) is 12.1 Å². The molecular weight excluding hydrogens is 455 g/mol. The highest BCUT2D eigenvalue weighted by Gasteiger charge is 2.29. The summed E-state index contributed by atoms with van der Waals surface area (Å²) >= 11 is 0. The maximum absolute atomic E-state index is 12.3. The van der Waals surface area contributed by atoms with Crippen LogP contribution in [0.25, 0.3) is 0 Å². The molecule has 0 heterocycles. The second kappa shape index (κ2) is 12.3. The quantitative estimate of drug-likeness (QED) is 0.135. The standard InChI is InChI=1S/C21H27N2O9P/c1-4-16(5-2)14-29-21(24)15(3)22-33(27,28)32-31-20-9-7-6-8-19(20)30-18-12-10-17(11-13-18)23(25)26/h6-13,15-16H,4-5,14H2,1-3H3,(H2,22,27,28)/t15-/m0/s1. The van der Waals surface area contributed by atoms with Crippen LogP contribution >= 0.6 is 7.75 Å². The molecule has 33 heavy (non-hydrogen) atoms. The van der Waals surface area contributed by atoms with Crippen molar-refractivity contribution in [3.8, 4) is 17.2 Å². The van der Waals surface area contributed by atoms with Crippen LogP contribution in [0, 0.1) is 16.0 Å². The zero-order chi connectivity index (χ0) is 24.4. The number of non-ortho nitro benzene ring substituents is 1. The number of para-hydroxylation sites is 2. The molecule has 12 heteroatoms. The van der Waals surface area contributed by atoms with Gasteiger partial charge in [0.05, 0.1) is 11.5 Å². The van der Waals surface area contributed by atoms with E-state index in [2.05, 4.69) is 9.76 Å². The number of hydrogen-bond donors (Lipinski definition) is 2. The zero-order valence-corrected chi connectivity index (χ0v) is 19.4. The van der Waals surface area contributed by atoms with Crippen LogP contribution in [0.15, 0.2) is 48.5 Å². The smallest absolute Gasteiger partial charge is 0.440 e. The van der Waals surface area contributed by atoms with E-state index in [4.69, 9.17) is 14.4 Å². The van der Waals surface area contributed by atoms with E-state index in [9.17, 15) is 24.4 Å². The van der Waals surface area contributed by atoms with E-state index in [1.165, 1.54) is 43.3 Å². The van der Waals surface area contributed by atoms with E-state index in [0.29, 0.717) is 0 Å². The van der Waals surface area contributed by atoms with Crippen molar-refractivity contribution < 1.29 is 38.2 Å². The second-order valence-electron chi connectivity index (χ2n) is 7.14. The molecule has 0 saturated heterocycles. The van der Waals surface area contributed by atoms with Crippen LogP contribution in [0.4, 0.5) is 5.69 Å². The highest BCUT2D eigenvalue weighted by molar-refractivity contribution is 7.50. The molecule has 2 aromatic carbocycles. The van der Waals surface area contributed by atoms with Gasteiger partial charge < -0.3 is 19.3 Å². The summed E-state index contributed by atoms with van der Waals surface area (Å²) in [6, 6.07) is 10.3. The second-order valence-corrected chi connectivity index (χ2v) is 8.59. The maximum Gasteiger partial charge on any atom is 0.440 e. The fraction of sp³-hybridized carbons (Fsp3) is 0.381. The molecule has 0 fully saturated rings. The first-order chi connectivity index (χ1) is 15.6. The summed E-state index contributed by atoms with van der Waals surface area (Å²) in [5.41, 5.74) is -0.102. The molecule has 0 aliphatic heterocycles. The third-order valence-electron chi connectivity index (χ3n) is 4.68. The summed E-state index contributed by atoms with van der Waals surface area (Å²) in [7, 11) is -4.55. The molecule has 0 saturated carbocycles. The number of nitro groups is 1. The third-order valence-corrected chi connectivity index (χ3v) is 5.67. The largest absolute Gasteiger partial charge is 0.464 e. The monoisotopic (exact) mass is 482 g/mol. The number of ether oxygens (including phenoxy) is 2. The number of esters is 1. The van der Waals surface area contributed by atoms with Gasteiger partial charge in [0.25, 0.3) is 5.69 Å². The lowest BCUT2D eigenvalue weighted by Gasteiger charge is -2.19. The molecule has 0 aliphatic carbocycles. The van der Waals surface area contributed by atoms with E-state index in [-0.39, 0.29) is 35.5 Å². The predicted octanol–water partition coefficient (Wildman–Crippen LogP) is 4.76. The molecule has 2 N–H and O–H groups in total. The average Bonchev–Trinajstić information content (AvgIpc) is 2.79. The van der Waals surface area contributed by atoms with Gasteiger partial charge >= 0.3 is 13.7 Å². The summed E-state index contributed by atoms with van der Waals surface area (Å²) < 4.78 is 27.7. The molecule has 0 aliphatic rings. The number of rotatable bonds is 13. The van der Waals surface area contributed by atoms with E-state index in [1.807, 2.05) is 13.8 Å². The summed E-state index contributed by atoms with van der Waals surface area (Å²) in [4.78, 5) is 37.3. The van der Waals surface area contributed by atoms with Crippen molar-refractivity contribution in [3.63, 3.8) is 0 Å². The first kappa shape index (κ1) is 26.3.